The van der Waals surface area contributed by atoms with Crippen molar-refractivity contribution < 1.29 is 0 Å². The van der Waals surface area contributed by atoms with Crippen LogP contribution in [0.15, 0.2) is 18.3 Å². The largest absolute Gasteiger partial charge is 0.313 e. The van der Waals surface area contributed by atoms with Gasteiger partial charge in [-0.2, -0.15) is 11.8 Å². The SMILES string of the molecule is CCNC(CSC1CCCCC1)C1CCc2cccnc21. The number of aryl methyl sites for hydroxylation is 1. The lowest BCUT2D eigenvalue weighted by Crippen LogP contribution is -2.37. The van der Waals surface area contributed by atoms with Gasteiger partial charge in [-0.1, -0.05) is 32.3 Å². The van der Waals surface area contributed by atoms with Crippen LogP contribution in [0.3, 0.4) is 0 Å². The predicted octanol–water partition coefficient (Wildman–Crippen LogP) is 4.16. The number of fused-ring (bicyclic) bond motifs is 1. The molecule has 1 fully saturated rings. The Balaban J connectivity index is 1.61. The molecule has 21 heavy (non-hydrogen) atoms. The number of aromatic nitrogens is 1. The molecule has 2 atom stereocenters. The third kappa shape index (κ3) is 3.81. The first-order valence-corrected chi connectivity index (χ1v) is 9.72. The highest BCUT2D eigenvalue weighted by Gasteiger charge is 2.31. The summed E-state index contributed by atoms with van der Waals surface area (Å²) in [6.07, 6.45) is 11.7. The molecule has 0 aromatic carbocycles. The number of thioether (sulfide) groups is 1. The molecule has 1 saturated carbocycles. The van der Waals surface area contributed by atoms with Crippen molar-refractivity contribution in [3.05, 3.63) is 29.6 Å². The molecule has 2 nitrogen and oxygen atoms in total. The summed E-state index contributed by atoms with van der Waals surface area (Å²) in [6, 6.07) is 4.94. The summed E-state index contributed by atoms with van der Waals surface area (Å²) in [7, 11) is 0. The molecule has 0 saturated heterocycles. The van der Waals surface area contributed by atoms with Gasteiger partial charge in [0.25, 0.3) is 0 Å². The smallest absolute Gasteiger partial charge is 0.0482 e. The third-order valence-electron chi connectivity index (χ3n) is 5.02. The first kappa shape index (κ1) is 15.4. The quantitative estimate of drug-likeness (QED) is 0.854. The van der Waals surface area contributed by atoms with E-state index in [0.29, 0.717) is 12.0 Å². The summed E-state index contributed by atoms with van der Waals surface area (Å²) in [6.45, 7) is 3.29. The number of nitrogens with one attached hydrogen (secondary N) is 1. The normalized spacial score (nSPS) is 24.0. The van der Waals surface area contributed by atoms with Crippen molar-refractivity contribution in [1.82, 2.24) is 10.3 Å². The van der Waals surface area contributed by atoms with Crippen LogP contribution in [0.4, 0.5) is 0 Å². The topological polar surface area (TPSA) is 24.9 Å². The Morgan fingerprint density at radius 3 is 2.95 bits per heavy atom. The minimum Gasteiger partial charge on any atom is -0.313 e. The molecule has 3 heteroatoms. The maximum absolute atomic E-state index is 4.69. The monoisotopic (exact) mass is 304 g/mol. The Hall–Kier alpha value is -0.540. The summed E-state index contributed by atoms with van der Waals surface area (Å²) < 4.78 is 0. The minimum absolute atomic E-state index is 0.595. The molecule has 2 unspecified atom stereocenters. The van der Waals surface area contributed by atoms with E-state index in [4.69, 9.17) is 0 Å². The molecular formula is C18H28N2S. The van der Waals surface area contributed by atoms with Crippen LogP contribution in [-0.2, 0) is 6.42 Å². The van der Waals surface area contributed by atoms with Crippen molar-refractivity contribution in [1.29, 1.82) is 0 Å². The van der Waals surface area contributed by atoms with Crippen LogP contribution in [0.5, 0.6) is 0 Å². The van der Waals surface area contributed by atoms with E-state index in [1.165, 1.54) is 62.0 Å². The van der Waals surface area contributed by atoms with Gasteiger partial charge in [-0.15, -0.1) is 0 Å². The van der Waals surface area contributed by atoms with Gasteiger partial charge in [-0.05, 0) is 43.9 Å². The van der Waals surface area contributed by atoms with E-state index in [-0.39, 0.29) is 0 Å². The van der Waals surface area contributed by atoms with E-state index in [1.807, 2.05) is 6.20 Å². The molecule has 3 rings (SSSR count). The fourth-order valence-corrected chi connectivity index (χ4v) is 5.38. The van der Waals surface area contributed by atoms with E-state index in [1.54, 1.807) is 0 Å². The highest BCUT2D eigenvalue weighted by Crippen LogP contribution is 2.36. The highest BCUT2D eigenvalue weighted by molar-refractivity contribution is 7.99. The van der Waals surface area contributed by atoms with Crippen molar-refractivity contribution in [2.45, 2.75) is 69.1 Å². The minimum atomic E-state index is 0.595. The molecule has 0 bridgehead atoms. The first-order valence-electron chi connectivity index (χ1n) is 8.67. The second-order valence-electron chi connectivity index (χ2n) is 6.45. The molecular weight excluding hydrogens is 276 g/mol. The molecule has 1 N–H and O–H groups in total. The number of rotatable bonds is 6. The number of hydrogen-bond donors (Lipinski definition) is 1. The lowest BCUT2D eigenvalue weighted by Gasteiger charge is -2.28. The van der Waals surface area contributed by atoms with Gasteiger partial charge >= 0.3 is 0 Å². The van der Waals surface area contributed by atoms with Crippen molar-refractivity contribution in [2.24, 2.45) is 0 Å². The Morgan fingerprint density at radius 1 is 1.29 bits per heavy atom. The van der Waals surface area contributed by atoms with Gasteiger partial charge in [0.1, 0.15) is 0 Å². The van der Waals surface area contributed by atoms with Crippen LogP contribution in [-0.4, -0.2) is 28.6 Å². The Labute approximate surface area is 133 Å². The fraction of sp³-hybridized carbons (Fsp3) is 0.722. The second-order valence-corrected chi connectivity index (χ2v) is 7.78. The zero-order chi connectivity index (χ0) is 14.5. The summed E-state index contributed by atoms with van der Waals surface area (Å²) in [5.41, 5.74) is 2.85. The Bertz CT molecular complexity index is 443. The molecule has 2 aliphatic rings. The average molecular weight is 305 g/mol. The fourth-order valence-electron chi connectivity index (χ4n) is 3.89. The van der Waals surface area contributed by atoms with Crippen LogP contribution >= 0.6 is 11.8 Å². The molecule has 0 radical (unpaired) electrons. The van der Waals surface area contributed by atoms with Crippen LogP contribution < -0.4 is 5.32 Å². The second kappa shape index (κ2) is 7.64. The maximum atomic E-state index is 4.69. The standard InChI is InChI=1S/C18H28N2S/c1-2-19-17(13-21-15-8-4-3-5-9-15)16-11-10-14-7-6-12-20-18(14)16/h6-7,12,15-17,19H,2-5,8-11,13H2,1H3. The third-order valence-corrected chi connectivity index (χ3v) is 6.51. The molecule has 1 aromatic heterocycles. The molecule has 0 amide bonds. The summed E-state index contributed by atoms with van der Waals surface area (Å²) in [5.74, 6) is 1.87. The summed E-state index contributed by atoms with van der Waals surface area (Å²) >= 11 is 2.22. The predicted molar refractivity (Wildman–Crippen MR) is 92.1 cm³/mol. The maximum Gasteiger partial charge on any atom is 0.0482 e. The number of pyridine rings is 1. The molecule has 2 aliphatic carbocycles. The number of hydrogen-bond acceptors (Lipinski definition) is 3. The van der Waals surface area contributed by atoms with Crippen LogP contribution in [0, 0.1) is 0 Å². The van der Waals surface area contributed by atoms with Gasteiger partial charge in [-0.25, -0.2) is 0 Å². The molecule has 0 aliphatic heterocycles. The van der Waals surface area contributed by atoms with Crippen LogP contribution in [0.25, 0.3) is 0 Å². The summed E-state index contributed by atoms with van der Waals surface area (Å²) in [5, 5.41) is 4.65. The molecule has 116 valence electrons. The van der Waals surface area contributed by atoms with Gasteiger partial charge in [0.2, 0.25) is 0 Å². The van der Waals surface area contributed by atoms with Crippen molar-refractivity contribution in [3.8, 4) is 0 Å². The first-order chi connectivity index (χ1) is 10.4. The van der Waals surface area contributed by atoms with Crippen LogP contribution in [0.2, 0.25) is 0 Å². The summed E-state index contributed by atoms with van der Waals surface area (Å²) in [4.78, 5) is 4.69. The van der Waals surface area contributed by atoms with E-state index in [0.717, 1.165) is 11.8 Å². The molecule has 1 heterocycles. The highest BCUT2D eigenvalue weighted by atomic mass is 32.2. The lowest BCUT2D eigenvalue weighted by atomic mass is 9.98. The van der Waals surface area contributed by atoms with Crippen molar-refractivity contribution in [3.63, 3.8) is 0 Å². The van der Waals surface area contributed by atoms with E-state index >= 15 is 0 Å². The zero-order valence-corrected chi connectivity index (χ0v) is 14.0. The Morgan fingerprint density at radius 2 is 2.14 bits per heavy atom. The van der Waals surface area contributed by atoms with Crippen molar-refractivity contribution >= 4 is 11.8 Å². The zero-order valence-electron chi connectivity index (χ0n) is 13.2. The van der Waals surface area contributed by atoms with Gasteiger partial charge in [0.15, 0.2) is 0 Å². The van der Waals surface area contributed by atoms with E-state index in [9.17, 15) is 0 Å². The van der Waals surface area contributed by atoms with E-state index in [2.05, 4.69) is 41.1 Å². The number of likely N-dealkylation sites (N-methyl/N-ethyl adjacent to an activating group) is 1. The van der Waals surface area contributed by atoms with Crippen LogP contribution in [0.1, 0.15) is 62.6 Å². The van der Waals surface area contributed by atoms with Gasteiger partial charge < -0.3 is 5.32 Å². The van der Waals surface area contributed by atoms with E-state index < -0.39 is 0 Å². The number of nitrogens with zero attached hydrogens (tertiary/aromatic N) is 1. The molecule has 1 aromatic rings. The average Bonchev–Trinajstić information content (AvgIpc) is 2.96. The molecule has 0 spiro atoms. The van der Waals surface area contributed by atoms with Gasteiger partial charge in [0, 0.05) is 34.9 Å². The van der Waals surface area contributed by atoms with Gasteiger partial charge in [0.05, 0.1) is 0 Å². The van der Waals surface area contributed by atoms with Gasteiger partial charge in [-0.3, -0.25) is 4.98 Å². The van der Waals surface area contributed by atoms with Crippen molar-refractivity contribution in [2.75, 3.05) is 12.3 Å². The Kier molecular flexibility index (Phi) is 5.59. The lowest BCUT2D eigenvalue weighted by molar-refractivity contribution is 0.465.